The van der Waals surface area contributed by atoms with Crippen molar-refractivity contribution in [1.29, 1.82) is 0 Å². The van der Waals surface area contributed by atoms with Crippen molar-refractivity contribution in [3.8, 4) is 0 Å². The van der Waals surface area contributed by atoms with Crippen LogP contribution in [0.3, 0.4) is 0 Å². The van der Waals surface area contributed by atoms with Crippen LogP contribution in [-0.4, -0.2) is 26.2 Å². The highest BCUT2D eigenvalue weighted by Crippen LogP contribution is 2.23. The molecule has 0 atom stereocenters. The van der Waals surface area contributed by atoms with E-state index in [1.54, 1.807) is 4.90 Å². The molecule has 0 bridgehead atoms. The van der Waals surface area contributed by atoms with Gasteiger partial charge in [0.25, 0.3) is 0 Å². The maximum Gasteiger partial charge on any atom is 0.196 e. The van der Waals surface area contributed by atoms with Crippen LogP contribution in [-0.2, 0) is 0 Å². The number of halogens is 4. The SMILES string of the molecule is Cl.Fc1ccc(N2CCNCC2)c(F)c1F. The van der Waals surface area contributed by atoms with Crippen molar-refractivity contribution in [3.05, 3.63) is 29.6 Å². The average Bonchev–Trinajstić information content (AvgIpc) is 2.27. The molecule has 2 rings (SSSR count). The zero-order valence-electron chi connectivity index (χ0n) is 8.47. The van der Waals surface area contributed by atoms with E-state index >= 15 is 0 Å². The molecule has 16 heavy (non-hydrogen) atoms. The molecule has 90 valence electrons. The molecule has 1 N–H and O–H groups in total. The van der Waals surface area contributed by atoms with Crippen molar-refractivity contribution in [3.63, 3.8) is 0 Å². The Hall–Kier alpha value is -0.940. The van der Waals surface area contributed by atoms with E-state index in [0.29, 0.717) is 13.1 Å². The Kier molecular flexibility index (Phi) is 4.44. The number of anilines is 1. The van der Waals surface area contributed by atoms with Gasteiger partial charge in [-0.05, 0) is 12.1 Å². The van der Waals surface area contributed by atoms with Crippen LogP contribution in [0.1, 0.15) is 0 Å². The Labute approximate surface area is 97.8 Å². The summed E-state index contributed by atoms with van der Waals surface area (Å²) < 4.78 is 39.0. The second-order valence-electron chi connectivity index (χ2n) is 3.43. The highest BCUT2D eigenvalue weighted by Gasteiger charge is 2.19. The van der Waals surface area contributed by atoms with E-state index in [0.717, 1.165) is 19.2 Å². The lowest BCUT2D eigenvalue weighted by Gasteiger charge is -2.29. The van der Waals surface area contributed by atoms with Crippen LogP contribution >= 0.6 is 12.4 Å². The van der Waals surface area contributed by atoms with Gasteiger partial charge in [0.05, 0.1) is 5.69 Å². The van der Waals surface area contributed by atoms with Gasteiger partial charge in [-0.15, -0.1) is 12.4 Å². The van der Waals surface area contributed by atoms with Gasteiger partial charge in [0.15, 0.2) is 17.5 Å². The fourth-order valence-corrected chi connectivity index (χ4v) is 1.67. The molecule has 0 amide bonds. The maximum atomic E-state index is 13.4. The number of piperazine rings is 1. The van der Waals surface area contributed by atoms with E-state index in [1.807, 2.05) is 0 Å². The summed E-state index contributed by atoms with van der Waals surface area (Å²) in [6.07, 6.45) is 0. The Morgan fingerprint density at radius 2 is 1.62 bits per heavy atom. The van der Waals surface area contributed by atoms with E-state index in [4.69, 9.17) is 0 Å². The molecule has 0 spiro atoms. The molecule has 0 aliphatic carbocycles. The van der Waals surface area contributed by atoms with Gasteiger partial charge in [0.2, 0.25) is 0 Å². The highest BCUT2D eigenvalue weighted by atomic mass is 35.5. The van der Waals surface area contributed by atoms with Crippen LogP contribution < -0.4 is 10.2 Å². The van der Waals surface area contributed by atoms with Gasteiger partial charge in [-0.25, -0.2) is 13.2 Å². The first-order valence-corrected chi connectivity index (χ1v) is 4.79. The molecule has 1 aliphatic heterocycles. The summed E-state index contributed by atoms with van der Waals surface area (Å²) in [5.41, 5.74) is 0.135. The summed E-state index contributed by atoms with van der Waals surface area (Å²) in [6.45, 7) is 2.64. The van der Waals surface area contributed by atoms with Crippen LogP contribution in [0.4, 0.5) is 18.9 Å². The lowest BCUT2D eigenvalue weighted by molar-refractivity contribution is 0.444. The second-order valence-corrected chi connectivity index (χ2v) is 3.43. The van der Waals surface area contributed by atoms with Gasteiger partial charge in [0, 0.05) is 26.2 Å². The maximum absolute atomic E-state index is 13.4. The summed E-state index contributed by atoms with van der Waals surface area (Å²) in [4.78, 5) is 1.70. The molecule has 0 aromatic heterocycles. The fraction of sp³-hybridized carbons (Fsp3) is 0.400. The smallest absolute Gasteiger partial charge is 0.196 e. The van der Waals surface area contributed by atoms with Crippen LogP contribution in [0, 0.1) is 17.5 Å². The van der Waals surface area contributed by atoms with Gasteiger partial charge in [-0.2, -0.15) is 0 Å². The van der Waals surface area contributed by atoms with E-state index in [-0.39, 0.29) is 18.1 Å². The quantitative estimate of drug-likeness (QED) is 0.769. The first kappa shape index (κ1) is 13.1. The molecular weight excluding hydrogens is 241 g/mol. The second kappa shape index (κ2) is 5.41. The summed E-state index contributed by atoms with van der Waals surface area (Å²) in [5, 5.41) is 3.10. The van der Waals surface area contributed by atoms with Crippen molar-refractivity contribution in [1.82, 2.24) is 5.32 Å². The minimum Gasteiger partial charge on any atom is -0.367 e. The van der Waals surface area contributed by atoms with Gasteiger partial charge in [0.1, 0.15) is 0 Å². The molecule has 1 saturated heterocycles. The Morgan fingerprint density at radius 1 is 1.00 bits per heavy atom. The molecular formula is C10H12ClF3N2. The molecule has 6 heteroatoms. The van der Waals surface area contributed by atoms with Crippen LogP contribution in [0.25, 0.3) is 0 Å². The minimum absolute atomic E-state index is 0. The standard InChI is InChI=1S/C10H11F3N2.ClH/c11-7-1-2-8(10(13)9(7)12)15-5-3-14-4-6-15;/h1-2,14H,3-6H2;1H. The summed E-state index contributed by atoms with van der Waals surface area (Å²) in [6, 6.07) is 2.23. The third-order valence-electron chi connectivity index (χ3n) is 2.47. The Bertz CT molecular complexity index is 367. The van der Waals surface area contributed by atoms with Crippen molar-refractivity contribution in [2.24, 2.45) is 0 Å². The first-order valence-electron chi connectivity index (χ1n) is 4.79. The molecule has 0 unspecified atom stereocenters. The molecule has 1 aromatic rings. The van der Waals surface area contributed by atoms with E-state index in [1.165, 1.54) is 6.07 Å². The molecule has 1 aromatic carbocycles. The third-order valence-corrected chi connectivity index (χ3v) is 2.47. The predicted octanol–water partition coefficient (Wildman–Crippen LogP) is 1.94. The van der Waals surface area contributed by atoms with Gasteiger partial charge in [-0.3, -0.25) is 0 Å². The molecule has 1 aliphatic rings. The monoisotopic (exact) mass is 252 g/mol. The topological polar surface area (TPSA) is 15.3 Å². The Morgan fingerprint density at radius 3 is 2.25 bits per heavy atom. The molecule has 1 fully saturated rings. The summed E-state index contributed by atoms with van der Waals surface area (Å²) >= 11 is 0. The van der Waals surface area contributed by atoms with Crippen molar-refractivity contribution < 1.29 is 13.2 Å². The zero-order chi connectivity index (χ0) is 10.8. The number of hydrogen-bond acceptors (Lipinski definition) is 2. The summed E-state index contributed by atoms with van der Waals surface area (Å²) in [5.74, 6) is -3.64. The van der Waals surface area contributed by atoms with E-state index < -0.39 is 17.5 Å². The van der Waals surface area contributed by atoms with E-state index in [9.17, 15) is 13.2 Å². The van der Waals surface area contributed by atoms with Crippen molar-refractivity contribution in [2.75, 3.05) is 31.1 Å². The number of hydrogen-bond donors (Lipinski definition) is 1. The lowest BCUT2D eigenvalue weighted by Crippen LogP contribution is -2.44. The highest BCUT2D eigenvalue weighted by molar-refractivity contribution is 5.85. The molecule has 1 heterocycles. The number of nitrogens with zero attached hydrogens (tertiary/aromatic N) is 1. The van der Waals surface area contributed by atoms with Crippen LogP contribution in [0.5, 0.6) is 0 Å². The molecule has 0 saturated carbocycles. The predicted molar refractivity (Wildman–Crippen MR) is 58.6 cm³/mol. The number of rotatable bonds is 1. The number of nitrogens with one attached hydrogen (secondary N) is 1. The van der Waals surface area contributed by atoms with Gasteiger partial charge in [-0.1, -0.05) is 0 Å². The minimum atomic E-state index is -1.40. The number of benzene rings is 1. The lowest BCUT2D eigenvalue weighted by atomic mass is 10.2. The fourth-order valence-electron chi connectivity index (χ4n) is 1.67. The van der Waals surface area contributed by atoms with Gasteiger partial charge < -0.3 is 10.2 Å². The normalized spacial score (nSPS) is 15.8. The summed E-state index contributed by atoms with van der Waals surface area (Å²) in [7, 11) is 0. The Balaban J connectivity index is 0.00000128. The van der Waals surface area contributed by atoms with Crippen LogP contribution in [0.15, 0.2) is 12.1 Å². The zero-order valence-corrected chi connectivity index (χ0v) is 9.29. The third kappa shape index (κ3) is 2.41. The molecule has 0 radical (unpaired) electrons. The van der Waals surface area contributed by atoms with Crippen LogP contribution in [0.2, 0.25) is 0 Å². The average molecular weight is 253 g/mol. The first-order chi connectivity index (χ1) is 7.20. The largest absolute Gasteiger partial charge is 0.367 e. The van der Waals surface area contributed by atoms with Crippen molar-refractivity contribution >= 4 is 18.1 Å². The van der Waals surface area contributed by atoms with Crippen molar-refractivity contribution in [2.45, 2.75) is 0 Å². The molecule has 2 nitrogen and oxygen atoms in total. The van der Waals surface area contributed by atoms with Gasteiger partial charge >= 0.3 is 0 Å². The van der Waals surface area contributed by atoms with E-state index in [2.05, 4.69) is 5.32 Å².